The van der Waals surface area contributed by atoms with E-state index in [9.17, 15) is 4.79 Å². The van der Waals surface area contributed by atoms with Gasteiger partial charge in [-0.05, 0) is 36.8 Å². The summed E-state index contributed by atoms with van der Waals surface area (Å²) in [5.74, 6) is 0.439. The molecule has 0 fully saturated rings. The molecule has 6 heteroatoms. The zero-order valence-electron chi connectivity index (χ0n) is 13.0. The lowest BCUT2D eigenvalue weighted by Gasteiger charge is -2.09. The van der Waals surface area contributed by atoms with Crippen LogP contribution in [0.5, 0.6) is 5.75 Å². The zero-order valence-corrected chi connectivity index (χ0v) is 13.7. The third-order valence-electron chi connectivity index (χ3n) is 3.24. The van der Waals surface area contributed by atoms with Crippen molar-refractivity contribution in [3.63, 3.8) is 0 Å². The first-order valence-electron chi connectivity index (χ1n) is 7.05. The molecule has 5 nitrogen and oxygen atoms in total. The van der Waals surface area contributed by atoms with E-state index in [4.69, 9.17) is 16.3 Å². The summed E-state index contributed by atoms with van der Waals surface area (Å²) >= 11 is 6.03. The molecule has 0 saturated heterocycles. The van der Waals surface area contributed by atoms with Crippen molar-refractivity contribution in [2.24, 2.45) is 5.10 Å². The summed E-state index contributed by atoms with van der Waals surface area (Å²) in [5, 5.41) is 7.62. The molecule has 23 heavy (non-hydrogen) atoms. The Morgan fingerprint density at radius 2 is 2.04 bits per heavy atom. The highest BCUT2D eigenvalue weighted by molar-refractivity contribution is 6.31. The van der Waals surface area contributed by atoms with Crippen molar-refractivity contribution in [3.8, 4) is 5.75 Å². The summed E-state index contributed by atoms with van der Waals surface area (Å²) in [6.45, 7) is 1.99. The molecule has 0 aliphatic carbocycles. The number of para-hydroxylation sites is 1. The molecule has 1 amide bonds. The van der Waals surface area contributed by atoms with E-state index in [0.29, 0.717) is 10.8 Å². The molecular formula is C17H18ClN3O2. The van der Waals surface area contributed by atoms with Gasteiger partial charge in [0.2, 0.25) is 0 Å². The third-order valence-corrected chi connectivity index (χ3v) is 3.65. The van der Waals surface area contributed by atoms with E-state index in [-0.39, 0.29) is 12.5 Å². The number of carbonyl (C=O) groups excluding carboxylic acids is 1. The predicted octanol–water partition coefficient (Wildman–Crippen LogP) is 3.22. The number of hydrogen-bond donors (Lipinski definition) is 2. The van der Waals surface area contributed by atoms with Crippen molar-refractivity contribution >= 4 is 29.4 Å². The van der Waals surface area contributed by atoms with Crippen LogP contribution < -0.4 is 15.5 Å². The minimum Gasteiger partial charge on any atom is -0.496 e. The Balaban J connectivity index is 1.88. The van der Waals surface area contributed by atoms with Crippen LogP contribution in [0.4, 0.5) is 5.69 Å². The van der Waals surface area contributed by atoms with Gasteiger partial charge in [-0.2, -0.15) is 5.10 Å². The smallest absolute Gasteiger partial charge is 0.259 e. The second-order valence-corrected chi connectivity index (χ2v) is 5.21. The Morgan fingerprint density at radius 3 is 2.83 bits per heavy atom. The molecule has 2 N–H and O–H groups in total. The van der Waals surface area contributed by atoms with Crippen LogP contribution in [0.15, 0.2) is 47.6 Å². The van der Waals surface area contributed by atoms with Crippen molar-refractivity contribution in [3.05, 3.63) is 58.6 Å². The summed E-state index contributed by atoms with van der Waals surface area (Å²) in [6, 6.07) is 12.9. The van der Waals surface area contributed by atoms with E-state index < -0.39 is 0 Å². The maximum Gasteiger partial charge on any atom is 0.259 e. The number of hydrazone groups is 1. The van der Waals surface area contributed by atoms with Gasteiger partial charge in [0.15, 0.2) is 0 Å². The molecule has 0 spiro atoms. The number of methoxy groups -OCH3 is 1. The van der Waals surface area contributed by atoms with Crippen LogP contribution >= 0.6 is 11.6 Å². The van der Waals surface area contributed by atoms with E-state index in [0.717, 1.165) is 16.8 Å². The predicted molar refractivity (Wildman–Crippen MR) is 93.4 cm³/mol. The summed E-state index contributed by atoms with van der Waals surface area (Å²) in [4.78, 5) is 11.8. The van der Waals surface area contributed by atoms with Gasteiger partial charge in [-0.1, -0.05) is 29.8 Å². The number of anilines is 1. The largest absolute Gasteiger partial charge is 0.496 e. The van der Waals surface area contributed by atoms with E-state index in [1.807, 2.05) is 43.3 Å². The van der Waals surface area contributed by atoms with Crippen LogP contribution in [0.1, 0.15) is 11.1 Å². The van der Waals surface area contributed by atoms with Crippen LogP contribution in [0.25, 0.3) is 0 Å². The highest BCUT2D eigenvalue weighted by atomic mass is 35.5. The van der Waals surface area contributed by atoms with Gasteiger partial charge in [-0.3, -0.25) is 4.79 Å². The van der Waals surface area contributed by atoms with Gasteiger partial charge in [0.25, 0.3) is 5.91 Å². The van der Waals surface area contributed by atoms with Crippen LogP contribution in [-0.2, 0) is 4.79 Å². The highest BCUT2D eigenvalue weighted by Gasteiger charge is 2.04. The van der Waals surface area contributed by atoms with Crippen LogP contribution in [0.2, 0.25) is 5.02 Å². The molecule has 2 rings (SSSR count). The Bertz CT molecular complexity index is 717. The van der Waals surface area contributed by atoms with Crippen molar-refractivity contribution in [1.29, 1.82) is 0 Å². The van der Waals surface area contributed by atoms with Gasteiger partial charge < -0.3 is 10.1 Å². The van der Waals surface area contributed by atoms with E-state index >= 15 is 0 Å². The topological polar surface area (TPSA) is 62.7 Å². The molecule has 0 radical (unpaired) electrons. The molecule has 0 aromatic heterocycles. The zero-order chi connectivity index (χ0) is 16.7. The molecule has 0 atom stereocenters. The average Bonchev–Trinajstić information content (AvgIpc) is 2.56. The molecule has 0 heterocycles. The number of rotatable bonds is 6. The average molecular weight is 332 g/mol. The maximum atomic E-state index is 11.8. The number of amides is 1. The summed E-state index contributed by atoms with van der Waals surface area (Å²) < 4.78 is 5.20. The van der Waals surface area contributed by atoms with Gasteiger partial charge in [0.05, 0.1) is 19.9 Å². The number of nitrogens with zero attached hydrogens (tertiary/aromatic N) is 1. The van der Waals surface area contributed by atoms with E-state index in [2.05, 4.69) is 15.8 Å². The Labute approximate surface area is 140 Å². The van der Waals surface area contributed by atoms with Crippen molar-refractivity contribution < 1.29 is 9.53 Å². The van der Waals surface area contributed by atoms with Crippen molar-refractivity contribution in [2.45, 2.75) is 6.92 Å². The summed E-state index contributed by atoms with van der Waals surface area (Å²) in [5.41, 5.74) is 4.98. The van der Waals surface area contributed by atoms with Crippen LogP contribution in [-0.4, -0.2) is 25.8 Å². The first-order chi connectivity index (χ1) is 11.1. The van der Waals surface area contributed by atoms with Gasteiger partial charge in [0, 0.05) is 16.3 Å². The third kappa shape index (κ3) is 4.72. The lowest BCUT2D eigenvalue weighted by molar-refractivity contribution is -0.119. The Hall–Kier alpha value is -2.53. The van der Waals surface area contributed by atoms with E-state index in [1.165, 1.54) is 0 Å². The van der Waals surface area contributed by atoms with Gasteiger partial charge in [-0.25, -0.2) is 5.43 Å². The lowest BCUT2D eigenvalue weighted by atomic mass is 10.2. The molecule has 2 aromatic rings. The molecule has 0 unspecified atom stereocenters. The Kier molecular flexibility index (Phi) is 6.00. The van der Waals surface area contributed by atoms with Crippen LogP contribution in [0, 0.1) is 6.92 Å². The fraction of sp³-hybridized carbons (Fsp3) is 0.176. The molecule has 0 saturated carbocycles. The molecule has 0 bridgehead atoms. The first kappa shape index (κ1) is 16.8. The standard InChI is InChI=1S/C17H18ClN3O2/c1-12-14(18)7-5-8-15(12)19-11-17(22)21-20-10-13-6-3-4-9-16(13)23-2/h3-10,19H,11H2,1-2H3,(H,21,22)/b20-10+. The lowest BCUT2D eigenvalue weighted by Crippen LogP contribution is -2.26. The number of halogens is 1. The maximum absolute atomic E-state index is 11.8. The molecule has 0 aliphatic heterocycles. The molecule has 2 aromatic carbocycles. The number of ether oxygens (including phenoxy) is 1. The highest BCUT2D eigenvalue weighted by Crippen LogP contribution is 2.22. The van der Waals surface area contributed by atoms with Gasteiger partial charge >= 0.3 is 0 Å². The number of nitrogens with one attached hydrogen (secondary N) is 2. The second kappa shape index (κ2) is 8.19. The minimum absolute atomic E-state index is 0.102. The quantitative estimate of drug-likeness (QED) is 0.631. The second-order valence-electron chi connectivity index (χ2n) is 4.80. The minimum atomic E-state index is -0.254. The summed E-state index contributed by atoms with van der Waals surface area (Å²) in [7, 11) is 1.59. The van der Waals surface area contributed by atoms with Gasteiger partial charge in [0.1, 0.15) is 5.75 Å². The molecule has 0 aliphatic rings. The molecule has 120 valence electrons. The van der Waals surface area contributed by atoms with E-state index in [1.54, 1.807) is 19.4 Å². The normalized spacial score (nSPS) is 10.6. The first-order valence-corrected chi connectivity index (χ1v) is 7.43. The molecular weight excluding hydrogens is 314 g/mol. The van der Waals surface area contributed by atoms with Crippen molar-refractivity contribution in [1.82, 2.24) is 5.43 Å². The van der Waals surface area contributed by atoms with Gasteiger partial charge in [-0.15, -0.1) is 0 Å². The van der Waals surface area contributed by atoms with Crippen LogP contribution in [0.3, 0.4) is 0 Å². The monoisotopic (exact) mass is 331 g/mol. The Morgan fingerprint density at radius 1 is 1.26 bits per heavy atom. The number of hydrogen-bond acceptors (Lipinski definition) is 4. The fourth-order valence-corrected chi connectivity index (χ4v) is 2.14. The fourth-order valence-electron chi connectivity index (χ4n) is 1.96. The number of benzene rings is 2. The SMILES string of the molecule is COc1ccccc1/C=N/NC(=O)CNc1cccc(Cl)c1C. The summed E-state index contributed by atoms with van der Waals surface area (Å²) in [6.07, 6.45) is 1.54. The van der Waals surface area contributed by atoms with Crippen molar-refractivity contribution in [2.75, 3.05) is 19.0 Å². The number of carbonyl (C=O) groups is 1.